The molecule has 0 unspecified atom stereocenters. The van der Waals surface area contributed by atoms with Gasteiger partial charge in [-0.3, -0.25) is 9.35 Å². The van der Waals surface area contributed by atoms with Gasteiger partial charge in [0.2, 0.25) is 0 Å². The highest BCUT2D eigenvalue weighted by atomic mass is 32.2. The van der Waals surface area contributed by atoms with Gasteiger partial charge in [-0.15, -0.1) is 0 Å². The average molecular weight is 554 g/mol. The van der Waals surface area contributed by atoms with Gasteiger partial charge >= 0.3 is 5.97 Å². The van der Waals surface area contributed by atoms with Crippen molar-refractivity contribution in [2.45, 2.75) is 135 Å². The maximum Gasteiger partial charge on any atom is 0.322 e. The van der Waals surface area contributed by atoms with Crippen molar-refractivity contribution >= 4 is 16.1 Å². The fraction of sp³-hybridized carbons (Fsp3) is 0.710. The molecule has 7 heteroatoms. The third-order valence-electron chi connectivity index (χ3n) is 6.25. The third-order valence-corrected chi connectivity index (χ3v) is 7.12. The van der Waals surface area contributed by atoms with Crippen LogP contribution in [0.4, 0.5) is 0 Å². The number of allylic oxidation sites excluding steroid dienone is 2. The number of esters is 1. The molecule has 6 nitrogen and oxygen atoms in total. The van der Waals surface area contributed by atoms with Crippen LogP contribution >= 0.6 is 0 Å². The number of benzene rings is 1. The molecule has 0 saturated carbocycles. The van der Waals surface area contributed by atoms with Gasteiger partial charge in [0.25, 0.3) is 10.1 Å². The topological polar surface area (TPSA) is 107 Å². The largest absolute Gasteiger partial charge is 0.465 e. The fourth-order valence-corrected chi connectivity index (χ4v) is 4.42. The smallest absolute Gasteiger partial charge is 0.322 e. The highest BCUT2D eigenvalue weighted by molar-refractivity contribution is 7.85. The van der Waals surface area contributed by atoms with E-state index >= 15 is 0 Å². The van der Waals surface area contributed by atoms with Gasteiger partial charge in [0.15, 0.2) is 0 Å². The first-order chi connectivity index (χ1) is 18.1. The standard InChI is InChI=1S/C24H47NO2.C7H8O3S/c1-4-5-6-7-8-9-10-11-12-13-14-15-16-17-18-19-20-27-24(26)23(25)21-22(2)3;1-6-2-4-7(5-3-6)11(8,9)10/h11-12,22-23H,4-10,13-21,25H2,1-3H3;2-5H,1H3,(H,8,9,10)/t23-;/m0./s1. The quantitative estimate of drug-likeness (QED) is 0.0729. The normalized spacial score (nSPS) is 12.4. The molecule has 1 rings (SSSR count). The number of rotatable bonds is 20. The molecule has 3 N–H and O–H groups in total. The van der Waals surface area contributed by atoms with E-state index in [1.54, 1.807) is 12.1 Å². The Morgan fingerprint density at radius 3 is 1.82 bits per heavy atom. The van der Waals surface area contributed by atoms with Crippen molar-refractivity contribution in [2.24, 2.45) is 11.7 Å². The van der Waals surface area contributed by atoms with Crippen LogP contribution in [-0.4, -0.2) is 31.6 Å². The summed E-state index contributed by atoms with van der Waals surface area (Å²) in [5, 5.41) is 0. The molecular formula is C31H55NO5S. The Balaban J connectivity index is 0.00000103. The molecule has 1 aromatic rings. The van der Waals surface area contributed by atoms with Gasteiger partial charge in [-0.25, -0.2) is 0 Å². The monoisotopic (exact) mass is 553 g/mol. The Labute approximate surface area is 233 Å². The lowest BCUT2D eigenvalue weighted by Crippen LogP contribution is -2.33. The van der Waals surface area contributed by atoms with Crippen molar-refractivity contribution in [1.29, 1.82) is 0 Å². The molecule has 0 saturated heterocycles. The van der Waals surface area contributed by atoms with Crippen LogP contribution in [0.2, 0.25) is 0 Å². The predicted octanol–water partition coefficient (Wildman–Crippen LogP) is 8.18. The van der Waals surface area contributed by atoms with E-state index in [1.165, 1.54) is 89.2 Å². The molecule has 0 aliphatic carbocycles. The summed E-state index contributed by atoms with van der Waals surface area (Å²) in [6.07, 6.45) is 23.4. The Morgan fingerprint density at radius 1 is 0.868 bits per heavy atom. The maximum absolute atomic E-state index is 11.7. The summed E-state index contributed by atoms with van der Waals surface area (Å²) in [5.41, 5.74) is 6.77. The molecule has 0 aromatic heterocycles. The Hall–Kier alpha value is -1.70. The lowest BCUT2D eigenvalue weighted by Gasteiger charge is -2.13. The molecule has 0 radical (unpaired) electrons. The van der Waals surface area contributed by atoms with Gasteiger partial charge < -0.3 is 10.5 Å². The fourth-order valence-electron chi connectivity index (χ4n) is 3.94. The van der Waals surface area contributed by atoms with Crippen molar-refractivity contribution in [3.63, 3.8) is 0 Å². The molecule has 1 atom stereocenters. The first-order valence-corrected chi connectivity index (χ1v) is 16.1. The number of unbranched alkanes of at least 4 members (excludes halogenated alkanes) is 12. The lowest BCUT2D eigenvalue weighted by molar-refractivity contribution is -0.145. The third kappa shape index (κ3) is 22.3. The van der Waals surface area contributed by atoms with Gasteiger partial charge in [0.1, 0.15) is 6.04 Å². The molecule has 220 valence electrons. The van der Waals surface area contributed by atoms with Crippen LogP contribution in [0.15, 0.2) is 41.3 Å². The van der Waals surface area contributed by atoms with E-state index in [2.05, 4.69) is 32.9 Å². The number of carbonyl (C=O) groups excluding carboxylic acids is 1. The molecule has 0 bridgehead atoms. The van der Waals surface area contributed by atoms with E-state index < -0.39 is 16.2 Å². The maximum atomic E-state index is 11.7. The Kier molecular flexibility index (Phi) is 22.2. The van der Waals surface area contributed by atoms with Crippen LogP contribution in [0.5, 0.6) is 0 Å². The summed E-state index contributed by atoms with van der Waals surface area (Å²) >= 11 is 0. The minimum atomic E-state index is -4.02. The first kappa shape index (κ1) is 36.3. The zero-order chi connectivity index (χ0) is 28.7. The van der Waals surface area contributed by atoms with Crippen LogP contribution in [0.3, 0.4) is 0 Å². The van der Waals surface area contributed by atoms with Crippen molar-refractivity contribution < 1.29 is 22.5 Å². The minimum absolute atomic E-state index is 0.0666. The van der Waals surface area contributed by atoms with Gasteiger partial charge in [0.05, 0.1) is 11.5 Å². The van der Waals surface area contributed by atoms with Crippen LogP contribution in [0.1, 0.15) is 123 Å². The van der Waals surface area contributed by atoms with Crippen molar-refractivity contribution in [3.8, 4) is 0 Å². The lowest BCUT2D eigenvalue weighted by atomic mass is 10.1. The van der Waals surface area contributed by atoms with Crippen LogP contribution in [0.25, 0.3) is 0 Å². The molecule has 0 amide bonds. The molecule has 0 heterocycles. The Bertz CT molecular complexity index is 834. The van der Waals surface area contributed by atoms with E-state index in [9.17, 15) is 13.2 Å². The molecular weight excluding hydrogens is 498 g/mol. The number of aryl methyl sites for hydroxylation is 1. The summed E-state index contributed by atoms with van der Waals surface area (Å²) in [5.74, 6) is 0.189. The predicted molar refractivity (Wildman–Crippen MR) is 159 cm³/mol. The van der Waals surface area contributed by atoms with Crippen LogP contribution < -0.4 is 5.73 Å². The van der Waals surface area contributed by atoms with Crippen molar-refractivity contribution in [1.82, 2.24) is 0 Å². The van der Waals surface area contributed by atoms with E-state index in [4.69, 9.17) is 15.0 Å². The van der Waals surface area contributed by atoms with E-state index in [0.29, 0.717) is 18.9 Å². The van der Waals surface area contributed by atoms with Crippen molar-refractivity contribution in [3.05, 3.63) is 42.0 Å². The second-order valence-electron chi connectivity index (χ2n) is 10.6. The minimum Gasteiger partial charge on any atom is -0.465 e. The van der Waals surface area contributed by atoms with Crippen LogP contribution in [-0.2, 0) is 19.6 Å². The zero-order valence-electron chi connectivity index (χ0n) is 24.5. The van der Waals surface area contributed by atoms with Gasteiger partial charge in [-0.1, -0.05) is 108 Å². The number of carbonyl (C=O) groups is 1. The van der Waals surface area contributed by atoms with E-state index in [-0.39, 0.29) is 10.9 Å². The highest BCUT2D eigenvalue weighted by Crippen LogP contribution is 2.11. The molecule has 0 aliphatic heterocycles. The number of ether oxygens (including phenoxy) is 1. The second kappa shape index (κ2) is 23.2. The van der Waals surface area contributed by atoms with Crippen molar-refractivity contribution in [2.75, 3.05) is 6.61 Å². The first-order valence-electron chi connectivity index (χ1n) is 14.7. The van der Waals surface area contributed by atoms with Gasteiger partial charge in [-0.2, -0.15) is 8.42 Å². The summed E-state index contributed by atoms with van der Waals surface area (Å²) in [6, 6.07) is 5.53. The number of nitrogens with two attached hydrogens (primary N) is 1. The Morgan fingerprint density at radius 2 is 1.34 bits per heavy atom. The van der Waals surface area contributed by atoms with Gasteiger partial charge in [-0.05, 0) is 63.5 Å². The molecule has 0 fully saturated rings. The molecule has 38 heavy (non-hydrogen) atoms. The number of hydrogen-bond donors (Lipinski definition) is 2. The van der Waals surface area contributed by atoms with Crippen LogP contribution in [0, 0.1) is 12.8 Å². The average Bonchev–Trinajstić information content (AvgIpc) is 2.85. The second-order valence-corrected chi connectivity index (χ2v) is 12.1. The molecule has 1 aromatic carbocycles. The van der Waals surface area contributed by atoms with E-state index in [0.717, 1.165) is 18.4 Å². The molecule has 0 aliphatic rings. The summed E-state index contributed by atoms with van der Waals surface area (Å²) in [6.45, 7) is 8.77. The summed E-state index contributed by atoms with van der Waals surface area (Å²) < 4.78 is 34.8. The summed E-state index contributed by atoms with van der Waals surface area (Å²) in [7, 11) is -4.02. The molecule has 0 spiro atoms. The zero-order valence-corrected chi connectivity index (χ0v) is 25.3. The SMILES string of the molecule is CCCCCCCCC=CCCCCCCCCOC(=O)[C@@H](N)CC(C)C.Cc1ccc(S(=O)(=O)O)cc1. The van der Waals surface area contributed by atoms with Gasteiger partial charge in [0, 0.05) is 0 Å². The highest BCUT2D eigenvalue weighted by Gasteiger charge is 2.15. The number of hydrogen-bond acceptors (Lipinski definition) is 5. The van der Waals surface area contributed by atoms with E-state index in [1.807, 2.05) is 6.92 Å². The summed E-state index contributed by atoms with van der Waals surface area (Å²) in [4.78, 5) is 11.6.